The summed E-state index contributed by atoms with van der Waals surface area (Å²) in [5, 5.41) is 9.17. The van der Waals surface area contributed by atoms with E-state index in [1.165, 1.54) is 31.0 Å². The van der Waals surface area contributed by atoms with Gasteiger partial charge in [0.2, 0.25) is 34.5 Å². The van der Waals surface area contributed by atoms with Gasteiger partial charge in [0.05, 0.1) is 69.3 Å². The normalized spacial score (nSPS) is 15.0. The number of nitrogens with zero attached hydrogens (tertiary/aromatic N) is 5. The average Bonchev–Trinajstić information content (AvgIpc) is 1.58. The Morgan fingerprint density at radius 3 is 1.38 bits per heavy atom. The van der Waals surface area contributed by atoms with Gasteiger partial charge < -0.3 is 55.5 Å². The molecule has 1 saturated heterocycles. The first kappa shape index (κ1) is 100. The van der Waals surface area contributed by atoms with Gasteiger partial charge in [-0.15, -0.1) is 0 Å². The van der Waals surface area contributed by atoms with Crippen LogP contribution >= 0.6 is 11.8 Å². The number of sulfonamides is 1. The second kappa shape index (κ2) is 44.8. The quantitative estimate of drug-likeness (QED) is 0.0354. The minimum Gasteiger partial charge on any atom is -0.497 e. The Kier molecular flexibility index (Phi) is 33.5. The molecule has 6 heterocycles. The number of fused-ring (bicyclic) bond motifs is 1. The molecule has 8 N–H and O–H groups in total. The number of sulfone groups is 1. The van der Waals surface area contributed by atoms with E-state index in [1.807, 2.05) is 226 Å². The lowest BCUT2D eigenvalue weighted by molar-refractivity contribution is -0.125. The van der Waals surface area contributed by atoms with Crippen LogP contribution in [0.15, 0.2) is 260 Å². The second-order valence-electron chi connectivity index (χ2n) is 34.3. The topological polar surface area (TPSA) is 366 Å². The smallest absolute Gasteiger partial charge is 0.253 e. The molecule has 0 bridgehead atoms. The Balaban J connectivity index is 0.000000186. The summed E-state index contributed by atoms with van der Waals surface area (Å²) in [7, 11) is 1.64. The van der Waals surface area contributed by atoms with Crippen LogP contribution in [0.25, 0.3) is 44.9 Å². The third kappa shape index (κ3) is 23.7. The highest BCUT2D eigenvalue weighted by Crippen LogP contribution is 2.52. The molecule has 0 spiro atoms. The molecule has 5 aliphatic rings. The number of benzene rings is 8. The van der Waals surface area contributed by atoms with Gasteiger partial charge in [0.15, 0.2) is 11.5 Å². The highest BCUT2D eigenvalue weighted by molar-refractivity contribution is 7.98. The number of pyridine rings is 4. The minimum absolute atomic E-state index is 0. The van der Waals surface area contributed by atoms with Gasteiger partial charge in [-0.1, -0.05) is 177 Å². The van der Waals surface area contributed by atoms with Crippen molar-refractivity contribution in [2.75, 3.05) is 95.3 Å². The number of nitrogens with one attached hydrogen (secondary N) is 4. The number of anilines is 3. The zero-order valence-corrected chi connectivity index (χ0v) is 79.5. The van der Waals surface area contributed by atoms with E-state index in [2.05, 4.69) is 61.2 Å². The molecule has 2 aliphatic heterocycles. The number of carbonyl (C=O) groups is 5. The van der Waals surface area contributed by atoms with Crippen molar-refractivity contribution in [3.63, 3.8) is 0 Å². The fraction of sp³-hybridized carbons (Fsp3) is 0.311. The minimum atomic E-state index is -3.50. The predicted octanol–water partition coefficient (Wildman–Crippen LogP) is 17.7. The van der Waals surface area contributed by atoms with Crippen LogP contribution in [-0.4, -0.2) is 161 Å². The summed E-state index contributed by atoms with van der Waals surface area (Å²) in [5.74, 6) is 5.81. The number of hydrogen-bond donors (Lipinski definition) is 4. The van der Waals surface area contributed by atoms with Crippen LogP contribution in [0.4, 0.5) is 17.5 Å². The van der Waals surface area contributed by atoms with Crippen LogP contribution in [0.2, 0.25) is 0 Å². The van der Waals surface area contributed by atoms with Crippen LogP contribution in [0, 0.1) is 13.8 Å². The molecule has 0 atom stereocenters. The number of ketones is 1. The molecule has 12 aromatic rings. The van der Waals surface area contributed by atoms with Crippen molar-refractivity contribution in [2.45, 2.75) is 137 Å². The molecule has 704 valence electrons. The summed E-state index contributed by atoms with van der Waals surface area (Å²) in [6.07, 6.45) is 17.3. The number of amides is 4. The van der Waals surface area contributed by atoms with E-state index in [9.17, 15) is 40.8 Å². The number of aryl methyl sites for hydroxylation is 2. The summed E-state index contributed by atoms with van der Waals surface area (Å²) in [6.45, 7) is 5.39. The standard InChI is InChI=1S/C28H28N2O4.C27H30N2O3S.C26H28N2O3S.C25H27N3O4S.2H2O.2H2/c1-17-18(2)23(29-15-22(17)19-6-5-7-20(12-19)27(32)30(3)4)14-26(31)28(10-11-28)21-8-9-24-25(13-21)34-16-33-24;1-31-23-12-10-22(11-13-23)27(15-17-32-18-16-27)26(30)29-25-5-3-4-24(28-25)21-8-6-20(7-9-21)14-19-33-2;1-32(30,31)19-16-20-12-14-21(15-13-20)23-10-7-11-24(27-23)28-25(29)26(17-5-6-18-26)22-8-3-2-4-9-22;1-26-33(30,31)21-14-8-18(9-15-21)22-6-5-7-23(27-22)28-24(29)25(16-3-4-17-25)19-10-12-20(32-2)13-11-19;;;;/h5-9,12-13,15H,10-11,14,16H2,1-4H3;3-13H,14-19H2,1-2H3,(H,28,29,30);2-4,7-15H,5-6,16-19H2,1H3,(H,27,28,29);5-15,26H,3-4,16-17H2,1-2H3,(H,27,28,29);2*1H2;2*1H. The summed E-state index contributed by atoms with van der Waals surface area (Å²) in [5.41, 5.74) is 14.5. The molecule has 3 saturated carbocycles. The Morgan fingerprint density at radius 2 is 0.925 bits per heavy atom. The maximum absolute atomic E-state index is 13.6. The van der Waals surface area contributed by atoms with Gasteiger partial charge in [-0.25, -0.2) is 36.5 Å². The van der Waals surface area contributed by atoms with Gasteiger partial charge in [-0.3, -0.25) is 29.0 Å². The molecule has 4 amide bonds. The van der Waals surface area contributed by atoms with Crippen LogP contribution in [0.1, 0.15) is 140 Å². The number of ether oxygens (including phenoxy) is 5. The molecule has 8 aromatic carbocycles. The lowest BCUT2D eigenvalue weighted by Crippen LogP contribution is -2.45. The number of hydrogen-bond acceptors (Lipinski definition) is 19. The summed E-state index contributed by atoms with van der Waals surface area (Å²) in [4.78, 5) is 86.7. The Hall–Kier alpha value is -12.8. The summed E-state index contributed by atoms with van der Waals surface area (Å²) in [6, 6.07) is 78.4. The second-order valence-corrected chi connectivity index (χ2v) is 39.5. The zero-order chi connectivity index (χ0) is 93.2. The van der Waals surface area contributed by atoms with Gasteiger partial charge in [-0.2, -0.15) is 11.8 Å². The van der Waals surface area contributed by atoms with Crippen molar-refractivity contribution in [1.29, 1.82) is 0 Å². The number of carbonyl (C=O) groups excluding carboxylic acids is 5. The Bertz CT molecular complexity index is 6340. The third-order valence-electron chi connectivity index (χ3n) is 25.8. The maximum atomic E-state index is 13.6. The zero-order valence-electron chi connectivity index (χ0n) is 77.1. The lowest BCUT2D eigenvalue weighted by atomic mass is 9.73. The van der Waals surface area contributed by atoms with Crippen LogP contribution < -0.4 is 39.6 Å². The van der Waals surface area contributed by atoms with Crippen molar-refractivity contribution >= 4 is 78.5 Å². The highest BCUT2D eigenvalue weighted by atomic mass is 32.2. The van der Waals surface area contributed by atoms with E-state index in [1.54, 1.807) is 51.4 Å². The van der Waals surface area contributed by atoms with Crippen molar-refractivity contribution in [3.05, 3.63) is 311 Å². The van der Waals surface area contributed by atoms with Crippen molar-refractivity contribution in [3.8, 4) is 67.9 Å². The number of rotatable bonds is 28. The molecule has 134 heavy (non-hydrogen) atoms. The molecule has 4 aromatic heterocycles. The van der Waals surface area contributed by atoms with E-state index in [0.29, 0.717) is 73.4 Å². The fourth-order valence-corrected chi connectivity index (χ4v) is 19.5. The maximum Gasteiger partial charge on any atom is 0.253 e. The number of aromatic nitrogens is 4. The summed E-state index contributed by atoms with van der Waals surface area (Å²) < 4.78 is 76.0. The fourth-order valence-electron chi connectivity index (χ4n) is 17.7. The molecule has 0 unspecified atom stereocenters. The van der Waals surface area contributed by atoms with E-state index < -0.39 is 41.5 Å². The van der Waals surface area contributed by atoms with Crippen molar-refractivity contribution in [2.24, 2.45) is 0 Å². The van der Waals surface area contributed by atoms with Gasteiger partial charge >= 0.3 is 0 Å². The Labute approximate surface area is 792 Å². The first-order valence-electron chi connectivity index (χ1n) is 44.6. The molecular formula is C106H121N9O16S3. The molecule has 4 fully saturated rings. The first-order valence-corrected chi connectivity index (χ1v) is 49.5. The lowest BCUT2D eigenvalue weighted by Gasteiger charge is -2.36. The van der Waals surface area contributed by atoms with Crippen LogP contribution in [-0.2, 0) is 84.7 Å². The molecule has 0 radical (unpaired) electrons. The molecule has 25 nitrogen and oxygen atoms in total. The molecular weight excluding hydrogens is 1750 g/mol. The average molecular weight is 1870 g/mol. The van der Waals surface area contributed by atoms with Gasteiger partial charge in [0, 0.05) is 76.9 Å². The molecule has 3 aliphatic carbocycles. The van der Waals surface area contributed by atoms with Crippen molar-refractivity contribution < 1.29 is 78.3 Å². The predicted molar refractivity (Wildman–Crippen MR) is 532 cm³/mol. The number of thioether (sulfide) groups is 1. The van der Waals surface area contributed by atoms with Crippen molar-refractivity contribution in [1.82, 2.24) is 29.6 Å². The van der Waals surface area contributed by atoms with Crippen LogP contribution in [0.5, 0.6) is 23.0 Å². The van der Waals surface area contributed by atoms with E-state index in [-0.39, 0.29) is 60.7 Å². The van der Waals surface area contributed by atoms with Gasteiger partial charge in [-0.05, 0) is 244 Å². The van der Waals surface area contributed by atoms with Gasteiger partial charge in [0.25, 0.3) is 5.91 Å². The number of Topliss-reactive ketones (excluding diaryl/α,β-unsaturated/α-hetero) is 1. The molecule has 28 heteroatoms. The highest BCUT2D eigenvalue weighted by Gasteiger charge is 2.52. The van der Waals surface area contributed by atoms with E-state index >= 15 is 0 Å². The largest absolute Gasteiger partial charge is 0.497 e. The number of methoxy groups -OCH3 is 2. The van der Waals surface area contributed by atoms with E-state index in [4.69, 9.17) is 33.7 Å². The SMILES string of the molecule is CNS(=O)(=O)c1ccc(-c2cccc(NC(=O)C3(c4ccc(OC)cc4)CCCC3)n2)cc1.COc1ccc(C2(C(=O)Nc3cccc(-c4ccc(CCSC)cc4)n3)CCOCC2)cc1.CS(=O)(=O)CCc1ccc(-c2cccc(NC(=O)C3(c4ccccc4)CCCC3)n2)cc1.Cc1c(-c2cccc(C(=O)N(C)C)c2)cnc(CC(=O)C2(c3ccc4c(c3)OCO4)CC2)c1C.O.O.[HH].[HH]. The third-order valence-corrected chi connectivity index (χ3v) is 28.8. The first-order chi connectivity index (χ1) is 63.7. The Morgan fingerprint density at radius 1 is 0.478 bits per heavy atom. The van der Waals surface area contributed by atoms with Gasteiger partial charge in [0.1, 0.15) is 44.6 Å². The van der Waals surface area contributed by atoms with Crippen LogP contribution in [0.3, 0.4) is 0 Å². The molecule has 17 rings (SSSR count). The van der Waals surface area contributed by atoms with E-state index in [0.717, 1.165) is 177 Å². The monoisotopic (exact) mass is 1870 g/mol. The summed E-state index contributed by atoms with van der Waals surface area (Å²) >= 11 is 1.85.